The minimum absolute atomic E-state index is 0. The average molecular weight is 456 g/mol. The van der Waals surface area contributed by atoms with E-state index in [1.54, 1.807) is 0 Å². The molecule has 166 valence electrons. The Labute approximate surface area is 182 Å². The van der Waals surface area contributed by atoms with Gasteiger partial charge in [0, 0.05) is 29.7 Å². The largest absolute Gasteiger partial charge is 0.416 e. The first kappa shape index (κ1) is 27.7. The number of halogens is 5. The van der Waals surface area contributed by atoms with E-state index >= 15 is 0 Å². The molecule has 4 nitrogen and oxygen atoms in total. The van der Waals surface area contributed by atoms with Gasteiger partial charge in [0.25, 0.3) is 0 Å². The van der Waals surface area contributed by atoms with Gasteiger partial charge in [0.1, 0.15) is 0 Å². The van der Waals surface area contributed by atoms with E-state index in [1.807, 2.05) is 33.8 Å². The number of carbonyl (C=O) groups excluding carboxylic acids is 1. The van der Waals surface area contributed by atoms with Gasteiger partial charge in [0.05, 0.1) is 5.56 Å². The number of nitrogens with one attached hydrogen (secondary N) is 3. The monoisotopic (exact) mass is 455 g/mol. The summed E-state index contributed by atoms with van der Waals surface area (Å²) in [4.78, 5) is 12.4. The van der Waals surface area contributed by atoms with E-state index in [9.17, 15) is 18.0 Å². The van der Waals surface area contributed by atoms with Crippen LogP contribution in [0, 0.1) is 0 Å². The van der Waals surface area contributed by atoms with Crippen molar-refractivity contribution in [2.75, 3.05) is 13.1 Å². The average Bonchev–Trinajstić information content (AvgIpc) is 2.77. The van der Waals surface area contributed by atoms with Gasteiger partial charge >= 0.3 is 6.18 Å². The van der Waals surface area contributed by atoms with Gasteiger partial charge < -0.3 is 10.6 Å². The Kier molecular flexibility index (Phi) is 10.2. The quantitative estimate of drug-likeness (QED) is 0.539. The molecule has 0 aliphatic carbocycles. The maximum Gasteiger partial charge on any atom is 0.416 e. The minimum atomic E-state index is -4.31. The molecule has 0 unspecified atom stereocenters. The molecule has 1 aliphatic heterocycles. The molecule has 1 aromatic carbocycles. The van der Waals surface area contributed by atoms with Crippen LogP contribution >= 0.6 is 24.8 Å². The molecule has 3 N–H and O–H groups in total. The summed E-state index contributed by atoms with van der Waals surface area (Å²) in [5, 5.41) is 9.51. The summed E-state index contributed by atoms with van der Waals surface area (Å²) < 4.78 is 37.6. The van der Waals surface area contributed by atoms with Crippen molar-refractivity contribution in [3.8, 4) is 0 Å². The molecule has 0 bridgehead atoms. The third-order valence-electron chi connectivity index (χ3n) is 4.48. The maximum absolute atomic E-state index is 12.5. The summed E-state index contributed by atoms with van der Waals surface area (Å²) in [5.74, 6) is -0.0687. The molecule has 0 saturated carbocycles. The first-order valence-corrected chi connectivity index (χ1v) is 9.08. The van der Waals surface area contributed by atoms with Crippen molar-refractivity contribution >= 4 is 30.7 Å². The van der Waals surface area contributed by atoms with Crippen LogP contribution in [-0.2, 0) is 17.5 Å². The Hall–Kier alpha value is -1.28. The molecule has 0 spiro atoms. The molecule has 0 aromatic heterocycles. The Morgan fingerprint density at radius 2 is 1.62 bits per heavy atom. The normalized spacial score (nSPS) is 17.0. The fourth-order valence-electron chi connectivity index (χ4n) is 3.35. The summed E-state index contributed by atoms with van der Waals surface area (Å²) in [5.41, 5.74) is 0.313. The van der Waals surface area contributed by atoms with Crippen LogP contribution in [0.25, 0.3) is 0 Å². The highest BCUT2D eigenvalue weighted by Gasteiger charge is 2.39. The standard InChI is InChI=1S/C20H28F3N3O.2ClH/c1-18(2)12-16(19(3,4)26-18)17(27)25-11-5-10-24-13-14-6-8-15(9-7-14)20(21,22)23;;/h6-9,12,24,26H,5,10-11,13H2,1-4H3,(H,25,27);2*1H. The van der Waals surface area contributed by atoms with Crippen LogP contribution in [0.1, 0.15) is 45.2 Å². The van der Waals surface area contributed by atoms with Crippen molar-refractivity contribution in [3.63, 3.8) is 0 Å². The summed E-state index contributed by atoms with van der Waals surface area (Å²) >= 11 is 0. The van der Waals surface area contributed by atoms with Crippen LogP contribution in [0.4, 0.5) is 13.2 Å². The van der Waals surface area contributed by atoms with Gasteiger partial charge in [-0.25, -0.2) is 0 Å². The van der Waals surface area contributed by atoms with Crippen LogP contribution in [0.3, 0.4) is 0 Å². The molecule has 9 heteroatoms. The van der Waals surface area contributed by atoms with E-state index in [0.29, 0.717) is 19.6 Å². The van der Waals surface area contributed by atoms with E-state index in [2.05, 4.69) is 16.0 Å². The summed E-state index contributed by atoms with van der Waals surface area (Å²) in [6, 6.07) is 5.12. The highest BCUT2D eigenvalue weighted by Crippen LogP contribution is 2.30. The zero-order chi connectivity index (χ0) is 20.3. The Morgan fingerprint density at radius 1 is 1.03 bits per heavy atom. The molecule has 1 aromatic rings. The van der Waals surface area contributed by atoms with Crippen molar-refractivity contribution in [1.29, 1.82) is 0 Å². The number of amides is 1. The van der Waals surface area contributed by atoms with E-state index in [1.165, 1.54) is 12.1 Å². The van der Waals surface area contributed by atoms with Crippen molar-refractivity contribution in [2.45, 2.75) is 57.9 Å². The van der Waals surface area contributed by atoms with Crippen LogP contribution < -0.4 is 16.0 Å². The third-order valence-corrected chi connectivity index (χ3v) is 4.48. The molecule has 1 amide bonds. The summed E-state index contributed by atoms with van der Waals surface area (Å²) in [7, 11) is 0. The SMILES string of the molecule is CC1(C)C=C(C(=O)NCCCNCc2ccc(C(F)(F)F)cc2)C(C)(C)N1.Cl.Cl. The third kappa shape index (κ3) is 8.16. The number of carbonyl (C=O) groups is 1. The molecule has 29 heavy (non-hydrogen) atoms. The van der Waals surface area contributed by atoms with Crippen LogP contribution in [0.15, 0.2) is 35.9 Å². The van der Waals surface area contributed by atoms with Gasteiger partial charge in [0.15, 0.2) is 0 Å². The van der Waals surface area contributed by atoms with Crippen molar-refractivity contribution in [2.24, 2.45) is 0 Å². The molecule has 1 heterocycles. The number of rotatable bonds is 7. The predicted octanol–water partition coefficient (Wildman–Crippen LogP) is 4.23. The molecule has 2 rings (SSSR count). The van der Waals surface area contributed by atoms with Gasteiger partial charge in [0.2, 0.25) is 5.91 Å². The molecule has 0 atom stereocenters. The predicted molar refractivity (Wildman–Crippen MR) is 115 cm³/mol. The van der Waals surface area contributed by atoms with Crippen molar-refractivity contribution < 1.29 is 18.0 Å². The topological polar surface area (TPSA) is 53.2 Å². The molecule has 0 radical (unpaired) electrons. The summed E-state index contributed by atoms with van der Waals surface area (Å²) in [6.45, 7) is 9.71. The minimum Gasteiger partial charge on any atom is -0.352 e. The smallest absolute Gasteiger partial charge is 0.352 e. The number of hydrogen-bond acceptors (Lipinski definition) is 3. The lowest BCUT2D eigenvalue weighted by molar-refractivity contribution is -0.137. The zero-order valence-corrected chi connectivity index (χ0v) is 18.7. The van der Waals surface area contributed by atoms with Gasteiger partial charge in [-0.05, 0) is 58.4 Å². The highest BCUT2D eigenvalue weighted by atomic mass is 35.5. The molecular formula is C20H30Cl2F3N3O. The second-order valence-electron chi connectivity index (χ2n) is 8.01. The lowest BCUT2D eigenvalue weighted by atomic mass is 9.96. The Bertz CT molecular complexity index is 702. The van der Waals surface area contributed by atoms with Crippen LogP contribution in [0.2, 0.25) is 0 Å². The van der Waals surface area contributed by atoms with Gasteiger partial charge in [-0.15, -0.1) is 24.8 Å². The molecule has 0 fully saturated rings. The fourth-order valence-corrected chi connectivity index (χ4v) is 3.35. The second kappa shape index (κ2) is 10.7. The van der Waals surface area contributed by atoms with Gasteiger partial charge in [-0.2, -0.15) is 13.2 Å². The Morgan fingerprint density at radius 3 is 2.10 bits per heavy atom. The summed E-state index contributed by atoms with van der Waals surface area (Å²) in [6.07, 6.45) is -1.61. The highest BCUT2D eigenvalue weighted by molar-refractivity contribution is 5.96. The number of alkyl halides is 3. The second-order valence-corrected chi connectivity index (χ2v) is 8.01. The number of benzene rings is 1. The van der Waals surface area contributed by atoms with E-state index < -0.39 is 11.7 Å². The lowest BCUT2D eigenvalue weighted by Gasteiger charge is -2.27. The molecular weight excluding hydrogens is 426 g/mol. The van der Waals surface area contributed by atoms with Crippen molar-refractivity contribution in [3.05, 3.63) is 47.0 Å². The lowest BCUT2D eigenvalue weighted by Crippen LogP contribution is -2.47. The Balaban J connectivity index is 0.00000392. The number of hydrogen-bond donors (Lipinski definition) is 3. The zero-order valence-electron chi connectivity index (χ0n) is 17.1. The first-order valence-electron chi connectivity index (χ1n) is 9.08. The van der Waals surface area contributed by atoms with Crippen molar-refractivity contribution in [1.82, 2.24) is 16.0 Å². The van der Waals surface area contributed by atoms with Crippen LogP contribution in [-0.4, -0.2) is 30.1 Å². The van der Waals surface area contributed by atoms with E-state index in [4.69, 9.17) is 0 Å². The van der Waals surface area contributed by atoms with Gasteiger partial charge in [-0.1, -0.05) is 18.2 Å². The van der Waals surface area contributed by atoms with Gasteiger partial charge in [-0.3, -0.25) is 10.1 Å². The molecule has 1 aliphatic rings. The first-order chi connectivity index (χ1) is 12.4. The molecule has 0 saturated heterocycles. The van der Waals surface area contributed by atoms with Crippen LogP contribution in [0.5, 0.6) is 0 Å². The van der Waals surface area contributed by atoms with E-state index in [0.717, 1.165) is 29.7 Å². The maximum atomic E-state index is 12.5. The fraction of sp³-hybridized carbons (Fsp3) is 0.550. The van der Waals surface area contributed by atoms with E-state index in [-0.39, 0.29) is 41.8 Å².